The van der Waals surface area contributed by atoms with Gasteiger partial charge in [0.1, 0.15) is 5.82 Å². The van der Waals surface area contributed by atoms with E-state index in [4.69, 9.17) is 4.98 Å². The molecule has 2 heterocycles. The SMILES string of the molecule is CC1(C)CCC(C)(C)c2cc(-c3nccc(N4CCNCC4)n3)ccc21.Cl.Cl. The Balaban J connectivity index is 0.00000140. The van der Waals surface area contributed by atoms with Crippen molar-refractivity contribution < 1.29 is 0 Å². The quantitative estimate of drug-likeness (QED) is 0.757. The van der Waals surface area contributed by atoms with Crippen molar-refractivity contribution in [1.82, 2.24) is 15.3 Å². The fourth-order valence-electron chi connectivity index (χ4n) is 4.29. The van der Waals surface area contributed by atoms with Crippen LogP contribution in [0.5, 0.6) is 0 Å². The molecule has 2 aromatic rings. The molecule has 154 valence electrons. The molecule has 0 amide bonds. The summed E-state index contributed by atoms with van der Waals surface area (Å²) in [6.45, 7) is 13.5. The van der Waals surface area contributed by atoms with E-state index in [1.54, 1.807) is 0 Å². The van der Waals surface area contributed by atoms with E-state index in [2.05, 4.69) is 61.1 Å². The first-order valence-electron chi connectivity index (χ1n) is 9.81. The molecule has 0 radical (unpaired) electrons. The Morgan fingerprint density at radius 3 is 2.21 bits per heavy atom. The van der Waals surface area contributed by atoms with Gasteiger partial charge in [0.05, 0.1) is 0 Å². The number of benzene rings is 1. The summed E-state index contributed by atoms with van der Waals surface area (Å²) in [5.74, 6) is 1.87. The van der Waals surface area contributed by atoms with Crippen LogP contribution in [0.4, 0.5) is 5.82 Å². The molecule has 0 spiro atoms. The fraction of sp³-hybridized carbons (Fsp3) is 0.545. The number of piperazine rings is 1. The molecule has 1 aliphatic heterocycles. The summed E-state index contributed by atoms with van der Waals surface area (Å²) < 4.78 is 0. The third-order valence-corrected chi connectivity index (χ3v) is 6.19. The fourth-order valence-corrected chi connectivity index (χ4v) is 4.29. The molecule has 1 fully saturated rings. The third kappa shape index (κ3) is 4.29. The molecular formula is C22H32Cl2N4. The number of aromatic nitrogens is 2. The number of rotatable bonds is 2. The topological polar surface area (TPSA) is 41.1 Å². The predicted octanol–water partition coefficient (Wildman–Crippen LogP) is 4.75. The van der Waals surface area contributed by atoms with Crippen LogP contribution in [-0.4, -0.2) is 36.1 Å². The molecule has 6 heteroatoms. The van der Waals surface area contributed by atoms with Crippen LogP contribution >= 0.6 is 24.8 Å². The lowest BCUT2D eigenvalue weighted by Crippen LogP contribution is -2.43. The van der Waals surface area contributed by atoms with Gasteiger partial charge in [-0.25, -0.2) is 9.97 Å². The van der Waals surface area contributed by atoms with Crippen molar-refractivity contribution in [2.45, 2.75) is 51.4 Å². The molecule has 4 nitrogen and oxygen atoms in total. The van der Waals surface area contributed by atoms with Gasteiger partial charge >= 0.3 is 0 Å². The van der Waals surface area contributed by atoms with E-state index in [-0.39, 0.29) is 35.6 Å². The molecule has 0 bridgehead atoms. The molecule has 0 unspecified atom stereocenters. The summed E-state index contributed by atoms with van der Waals surface area (Å²) in [6, 6.07) is 8.89. The number of anilines is 1. The first-order valence-corrected chi connectivity index (χ1v) is 9.81. The average molecular weight is 423 g/mol. The van der Waals surface area contributed by atoms with Crippen LogP contribution in [-0.2, 0) is 10.8 Å². The van der Waals surface area contributed by atoms with E-state index < -0.39 is 0 Å². The zero-order valence-electron chi connectivity index (χ0n) is 17.3. The molecule has 1 aromatic carbocycles. The van der Waals surface area contributed by atoms with Crippen LogP contribution in [0.25, 0.3) is 11.4 Å². The Bertz CT molecular complexity index is 814. The van der Waals surface area contributed by atoms with Crippen molar-refractivity contribution in [3.63, 3.8) is 0 Å². The van der Waals surface area contributed by atoms with Crippen LogP contribution in [0.1, 0.15) is 51.7 Å². The van der Waals surface area contributed by atoms with Gasteiger partial charge in [-0.05, 0) is 46.9 Å². The Labute approximate surface area is 181 Å². The average Bonchev–Trinajstić information content (AvgIpc) is 2.66. The second-order valence-corrected chi connectivity index (χ2v) is 9.00. The van der Waals surface area contributed by atoms with Gasteiger partial charge in [-0.3, -0.25) is 0 Å². The van der Waals surface area contributed by atoms with Crippen LogP contribution in [0.15, 0.2) is 30.5 Å². The second-order valence-electron chi connectivity index (χ2n) is 9.00. The second kappa shape index (κ2) is 8.56. The smallest absolute Gasteiger partial charge is 0.161 e. The number of nitrogens with zero attached hydrogens (tertiary/aromatic N) is 3. The maximum absolute atomic E-state index is 4.89. The largest absolute Gasteiger partial charge is 0.354 e. The van der Waals surface area contributed by atoms with E-state index >= 15 is 0 Å². The minimum absolute atomic E-state index is 0. The van der Waals surface area contributed by atoms with Crippen molar-refractivity contribution in [3.05, 3.63) is 41.6 Å². The number of fused-ring (bicyclic) bond motifs is 1. The highest BCUT2D eigenvalue weighted by molar-refractivity contribution is 5.85. The third-order valence-electron chi connectivity index (χ3n) is 6.19. The molecule has 1 saturated heterocycles. The first-order chi connectivity index (χ1) is 12.4. The van der Waals surface area contributed by atoms with Crippen LogP contribution in [0.3, 0.4) is 0 Å². The number of halogens is 2. The van der Waals surface area contributed by atoms with Gasteiger partial charge in [0.2, 0.25) is 0 Å². The van der Waals surface area contributed by atoms with E-state index in [9.17, 15) is 0 Å². The number of hydrogen-bond acceptors (Lipinski definition) is 4. The molecule has 2 aliphatic rings. The van der Waals surface area contributed by atoms with Crippen molar-refractivity contribution in [2.24, 2.45) is 0 Å². The maximum Gasteiger partial charge on any atom is 0.161 e. The summed E-state index contributed by atoms with van der Waals surface area (Å²) in [7, 11) is 0. The number of nitrogens with one attached hydrogen (secondary N) is 1. The summed E-state index contributed by atoms with van der Waals surface area (Å²) in [4.78, 5) is 11.8. The highest BCUT2D eigenvalue weighted by atomic mass is 35.5. The van der Waals surface area contributed by atoms with Crippen molar-refractivity contribution >= 4 is 30.6 Å². The van der Waals surface area contributed by atoms with E-state index in [0.717, 1.165) is 43.4 Å². The Kier molecular flexibility index (Phi) is 7.01. The van der Waals surface area contributed by atoms with Gasteiger partial charge < -0.3 is 10.2 Å². The van der Waals surface area contributed by atoms with Gasteiger partial charge in [-0.15, -0.1) is 24.8 Å². The summed E-state index contributed by atoms with van der Waals surface area (Å²) in [5, 5.41) is 3.40. The molecule has 4 rings (SSSR count). The predicted molar refractivity (Wildman–Crippen MR) is 122 cm³/mol. The van der Waals surface area contributed by atoms with Gasteiger partial charge in [0.15, 0.2) is 5.82 Å². The van der Waals surface area contributed by atoms with Crippen LogP contribution in [0, 0.1) is 0 Å². The van der Waals surface area contributed by atoms with Gasteiger partial charge in [-0.1, -0.05) is 39.8 Å². The molecule has 1 aromatic heterocycles. The molecule has 0 atom stereocenters. The van der Waals surface area contributed by atoms with Crippen molar-refractivity contribution in [1.29, 1.82) is 0 Å². The van der Waals surface area contributed by atoms with Crippen LogP contribution in [0.2, 0.25) is 0 Å². The lowest BCUT2D eigenvalue weighted by Gasteiger charge is -2.42. The minimum Gasteiger partial charge on any atom is -0.354 e. The van der Waals surface area contributed by atoms with Crippen molar-refractivity contribution in [3.8, 4) is 11.4 Å². The molecule has 1 N–H and O–H groups in total. The zero-order chi connectivity index (χ0) is 18.4. The molecule has 28 heavy (non-hydrogen) atoms. The molecule has 0 saturated carbocycles. The monoisotopic (exact) mass is 422 g/mol. The van der Waals surface area contributed by atoms with Gasteiger partial charge in [0.25, 0.3) is 0 Å². The Morgan fingerprint density at radius 2 is 1.54 bits per heavy atom. The Hall–Kier alpha value is -1.36. The Morgan fingerprint density at radius 1 is 0.893 bits per heavy atom. The van der Waals surface area contributed by atoms with Gasteiger partial charge in [-0.2, -0.15) is 0 Å². The first kappa shape index (κ1) is 22.9. The standard InChI is InChI=1S/C22H30N4.2ClH/c1-21(2)8-9-22(3,4)18-15-16(5-6-17(18)21)20-24-10-7-19(25-20)26-13-11-23-12-14-26;;/h5-7,10,15,23H,8-9,11-14H2,1-4H3;2*1H. The van der Waals surface area contributed by atoms with E-state index in [1.165, 1.54) is 24.0 Å². The summed E-state index contributed by atoms with van der Waals surface area (Å²) >= 11 is 0. The minimum atomic E-state index is 0. The highest BCUT2D eigenvalue weighted by Crippen LogP contribution is 2.46. The highest BCUT2D eigenvalue weighted by Gasteiger charge is 2.37. The zero-order valence-corrected chi connectivity index (χ0v) is 18.9. The lowest BCUT2D eigenvalue weighted by atomic mass is 9.63. The summed E-state index contributed by atoms with van der Waals surface area (Å²) in [6.07, 6.45) is 4.35. The number of hydrogen-bond donors (Lipinski definition) is 1. The molecule has 1 aliphatic carbocycles. The summed E-state index contributed by atoms with van der Waals surface area (Å²) in [5.41, 5.74) is 4.52. The maximum atomic E-state index is 4.89. The van der Waals surface area contributed by atoms with Gasteiger partial charge in [0, 0.05) is 37.9 Å². The van der Waals surface area contributed by atoms with E-state index in [0.29, 0.717) is 0 Å². The molecular weight excluding hydrogens is 391 g/mol. The van der Waals surface area contributed by atoms with E-state index in [1.807, 2.05) is 12.3 Å². The lowest BCUT2D eigenvalue weighted by molar-refractivity contribution is 0.332. The van der Waals surface area contributed by atoms with Crippen molar-refractivity contribution in [2.75, 3.05) is 31.1 Å². The van der Waals surface area contributed by atoms with Crippen LogP contribution < -0.4 is 10.2 Å². The normalized spacial score (nSPS) is 19.8.